The number of rotatable bonds is 2. The van der Waals surface area contributed by atoms with E-state index in [1.54, 1.807) is 24.3 Å². The smallest absolute Gasteiger partial charge is 0.335 e. The first-order chi connectivity index (χ1) is 9.24. The standard InChI is InChI=1S/C15H10N2O2/c18-15(19)11-7-5-10(6-8-11)14-9-12-3-1-2-4-13(12)16-17-14/h1-9H,(H,18,19). The van der Waals surface area contributed by atoms with Crippen molar-refractivity contribution in [2.45, 2.75) is 0 Å². The van der Waals surface area contributed by atoms with Crippen LogP contribution in [0.15, 0.2) is 54.6 Å². The maximum absolute atomic E-state index is 10.8. The summed E-state index contributed by atoms with van der Waals surface area (Å²) in [7, 11) is 0. The number of carboxylic acid groups (broad SMARTS) is 1. The van der Waals surface area contributed by atoms with E-state index in [2.05, 4.69) is 10.2 Å². The van der Waals surface area contributed by atoms with Crippen LogP contribution in [-0.2, 0) is 0 Å². The first kappa shape index (κ1) is 11.3. The molecule has 0 saturated heterocycles. The van der Waals surface area contributed by atoms with Crippen LogP contribution in [0, 0.1) is 0 Å². The van der Waals surface area contributed by atoms with Crippen LogP contribution in [0.3, 0.4) is 0 Å². The fourth-order valence-electron chi connectivity index (χ4n) is 1.91. The van der Waals surface area contributed by atoms with Crippen molar-refractivity contribution in [3.63, 3.8) is 0 Å². The van der Waals surface area contributed by atoms with Crippen LogP contribution in [0.5, 0.6) is 0 Å². The van der Waals surface area contributed by atoms with E-state index < -0.39 is 5.97 Å². The lowest BCUT2D eigenvalue weighted by atomic mass is 10.1. The van der Waals surface area contributed by atoms with E-state index in [-0.39, 0.29) is 5.56 Å². The Bertz CT molecular complexity index is 751. The molecule has 2 aromatic carbocycles. The molecule has 1 heterocycles. The number of hydrogen-bond acceptors (Lipinski definition) is 3. The number of carboxylic acids is 1. The molecule has 19 heavy (non-hydrogen) atoms. The fraction of sp³-hybridized carbons (Fsp3) is 0. The maximum Gasteiger partial charge on any atom is 0.335 e. The molecule has 0 aliphatic carbocycles. The third-order valence-corrected chi connectivity index (χ3v) is 2.92. The zero-order valence-electron chi connectivity index (χ0n) is 9.95. The molecule has 4 heteroatoms. The average molecular weight is 250 g/mol. The van der Waals surface area contributed by atoms with Crippen molar-refractivity contribution in [3.8, 4) is 11.3 Å². The number of nitrogens with zero attached hydrogens (tertiary/aromatic N) is 2. The normalized spacial score (nSPS) is 10.5. The Morgan fingerprint density at radius 3 is 2.42 bits per heavy atom. The Balaban J connectivity index is 2.06. The van der Waals surface area contributed by atoms with E-state index in [0.717, 1.165) is 22.2 Å². The van der Waals surface area contributed by atoms with Gasteiger partial charge in [0.15, 0.2) is 0 Å². The minimum absolute atomic E-state index is 0.262. The molecule has 0 saturated carbocycles. The van der Waals surface area contributed by atoms with Crippen LogP contribution in [0.25, 0.3) is 22.2 Å². The van der Waals surface area contributed by atoms with Gasteiger partial charge in [0.1, 0.15) is 0 Å². The third-order valence-electron chi connectivity index (χ3n) is 2.92. The van der Waals surface area contributed by atoms with Gasteiger partial charge in [-0.3, -0.25) is 0 Å². The molecule has 0 amide bonds. The van der Waals surface area contributed by atoms with Crippen molar-refractivity contribution in [1.29, 1.82) is 0 Å². The molecule has 4 nitrogen and oxygen atoms in total. The highest BCUT2D eigenvalue weighted by atomic mass is 16.4. The summed E-state index contributed by atoms with van der Waals surface area (Å²) in [5.41, 5.74) is 2.68. The van der Waals surface area contributed by atoms with E-state index in [9.17, 15) is 4.79 Å². The lowest BCUT2D eigenvalue weighted by Gasteiger charge is -2.02. The third kappa shape index (κ3) is 2.15. The molecule has 3 aromatic rings. The highest BCUT2D eigenvalue weighted by molar-refractivity contribution is 5.88. The van der Waals surface area contributed by atoms with Crippen molar-refractivity contribution in [2.24, 2.45) is 0 Å². The summed E-state index contributed by atoms with van der Waals surface area (Å²) in [6.45, 7) is 0. The van der Waals surface area contributed by atoms with Crippen LogP contribution in [0.2, 0.25) is 0 Å². The van der Waals surface area contributed by atoms with Crippen molar-refractivity contribution in [2.75, 3.05) is 0 Å². The Morgan fingerprint density at radius 1 is 0.947 bits per heavy atom. The molecule has 1 aromatic heterocycles. The predicted octanol–water partition coefficient (Wildman–Crippen LogP) is 3.00. The van der Waals surface area contributed by atoms with Gasteiger partial charge in [-0.15, -0.1) is 10.2 Å². The van der Waals surface area contributed by atoms with E-state index in [4.69, 9.17) is 5.11 Å². The molecule has 0 aliphatic rings. The number of carbonyl (C=O) groups is 1. The number of benzene rings is 2. The number of aromatic carboxylic acids is 1. The van der Waals surface area contributed by atoms with E-state index in [1.807, 2.05) is 30.3 Å². The van der Waals surface area contributed by atoms with E-state index in [0.29, 0.717) is 0 Å². The Morgan fingerprint density at radius 2 is 1.68 bits per heavy atom. The molecule has 0 aliphatic heterocycles. The first-order valence-corrected chi connectivity index (χ1v) is 5.80. The maximum atomic E-state index is 10.8. The largest absolute Gasteiger partial charge is 0.478 e. The number of aromatic nitrogens is 2. The van der Waals surface area contributed by atoms with Crippen LogP contribution in [0.4, 0.5) is 0 Å². The molecular weight excluding hydrogens is 240 g/mol. The molecule has 0 fully saturated rings. The lowest BCUT2D eigenvalue weighted by Crippen LogP contribution is -1.95. The van der Waals surface area contributed by atoms with Gasteiger partial charge in [0.25, 0.3) is 0 Å². The predicted molar refractivity (Wildman–Crippen MR) is 71.9 cm³/mol. The first-order valence-electron chi connectivity index (χ1n) is 5.80. The summed E-state index contributed by atoms with van der Waals surface area (Å²) in [4.78, 5) is 10.8. The van der Waals surface area contributed by atoms with Crippen molar-refractivity contribution in [3.05, 3.63) is 60.2 Å². The quantitative estimate of drug-likeness (QED) is 0.759. The van der Waals surface area contributed by atoms with Gasteiger partial charge in [-0.05, 0) is 24.3 Å². The van der Waals surface area contributed by atoms with Gasteiger partial charge >= 0.3 is 5.97 Å². The Hall–Kier alpha value is -2.75. The van der Waals surface area contributed by atoms with E-state index in [1.165, 1.54) is 0 Å². The fourth-order valence-corrected chi connectivity index (χ4v) is 1.91. The molecule has 3 rings (SSSR count). The second kappa shape index (κ2) is 4.49. The van der Waals surface area contributed by atoms with Crippen LogP contribution in [-0.4, -0.2) is 21.3 Å². The van der Waals surface area contributed by atoms with Crippen molar-refractivity contribution < 1.29 is 9.90 Å². The van der Waals surface area contributed by atoms with Gasteiger partial charge in [0, 0.05) is 10.9 Å². The Labute approximate surface area is 109 Å². The zero-order chi connectivity index (χ0) is 13.2. The van der Waals surface area contributed by atoms with Crippen LogP contribution < -0.4 is 0 Å². The van der Waals surface area contributed by atoms with Gasteiger partial charge in [0.2, 0.25) is 0 Å². The topological polar surface area (TPSA) is 63.1 Å². The Kier molecular flexibility index (Phi) is 2.68. The van der Waals surface area contributed by atoms with Crippen LogP contribution >= 0.6 is 0 Å². The van der Waals surface area contributed by atoms with Gasteiger partial charge < -0.3 is 5.11 Å². The summed E-state index contributed by atoms with van der Waals surface area (Å²) >= 11 is 0. The molecule has 0 unspecified atom stereocenters. The molecule has 0 atom stereocenters. The van der Waals surface area contributed by atoms with Crippen molar-refractivity contribution >= 4 is 16.9 Å². The lowest BCUT2D eigenvalue weighted by molar-refractivity contribution is 0.0697. The summed E-state index contributed by atoms with van der Waals surface area (Å²) in [6, 6.07) is 16.3. The van der Waals surface area contributed by atoms with Crippen LogP contribution in [0.1, 0.15) is 10.4 Å². The molecule has 0 bridgehead atoms. The second-order valence-corrected chi connectivity index (χ2v) is 4.17. The molecular formula is C15H10N2O2. The minimum Gasteiger partial charge on any atom is -0.478 e. The monoisotopic (exact) mass is 250 g/mol. The molecule has 92 valence electrons. The van der Waals surface area contributed by atoms with Crippen molar-refractivity contribution in [1.82, 2.24) is 10.2 Å². The summed E-state index contributed by atoms with van der Waals surface area (Å²) in [6.07, 6.45) is 0. The molecule has 0 spiro atoms. The van der Waals surface area contributed by atoms with E-state index >= 15 is 0 Å². The molecule has 0 radical (unpaired) electrons. The van der Waals surface area contributed by atoms with Gasteiger partial charge in [-0.25, -0.2) is 4.79 Å². The average Bonchev–Trinajstić information content (AvgIpc) is 2.47. The highest BCUT2D eigenvalue weighted by Gasteiger charge is 2.05. The zero-order valence-corrected chi connectivity index (χ0v) is 9.95. The second-order valence-electron chi connectivity index (χ2n) is 4.17. The SMILES string of the molecule is O=C(O)c1ccc(-c2cc3ccccc3nn2)cc1. The molecule has 1 N–H and O–H groups in total. The van der Waals surface area contributed by atoms with Gasteiger partial charge in [-0.1, -0.05) is 30.3 Å². The highest BCUT2D eigenvalue weighted by Crippen LogP contribution is 2.20. The summed E-state index contributed by atoms with van der Waals surface area (Å²) in [5.74, 6) is -0.934. The van der Waals surface area contributed by atoms with Gasteiger partial charge in [-0.2, -0.15) is 0 Å². The summed E-state index contributed by atoms with van der Waals surface area (Å²) < 4.78 is 0. The van der Waals surface area contributed by atoms with Gasteiger partial charge in [0.05, 0.1) is 16.8 Å². The number of fused-ring (bicyclic) bond motifs is 1. The number of hydrogen-bond donors (Lipinski definition) is 1. The summed E-state index contributed by atoms with van der Waals surface area (Å²) in [5, 5.41) is 18.2. The minimum atomic E-state index is -0.934.